The fourth-order valence-corrected chi connectivity index (χ4v) is 2.48. The molecule has 4 heteroatoms. The van der Waals surface area contributed by atoms with Crippen LogP contribution in [0.1, 0.15) is 33.6 Å². The van der Waals surface area contributed by atoms with Crippen molar-refractivity contribution >= 4 is 20.7 Å². The molecule has 0 aromatic heterocycles. The van der Waals surface area contributed by atoms with Gasteiger partial charge in [0.15, 0.2) is 8.32 Å². The van der Waals surface area contributed by atoms with Gasteiger partial charge in [0.1, 0.15) is 0 Å². The summed E-state index contributed by atoms with van der Waals surface area (Å²) in [4.78, 5) is 0. The molecule has 2 nitrogen and oxygen atoms in total. The van der Waals surface area contributed by atoms with Crippen molar-refractivity contribution in [1.29, 1.82) is 0 Å². The summed E-state index contributed by atoms with van der Waals surface area (Å²) in [6.45, 7) is 13.6. The Balaban J connectivity index is 0.00000196. The fraction of sp³-hybridized carbons (Fsp3) is 1.00. The van der Waals surface area contributed by atoms with E-state index in [1.807, 2.05) is 0 Å². The zero-order chi connectivity index (χ0) is 10.8. The minimum Gasteiger partial charge on any atom is -0.415 e. The largest absolute Gasteiger partial charge is 0.415 e. The molecule has 1 N–H and O–H groups in total. The summed E-state index contributed by atoms with van der Waals surface area (Å²) in [5.41, 5.74) is 0. The molecular weight excluding hydrogens is 226 g/mol. The molecule has 1 saturated heterocycles. The average molecular weight is 252 g/mol. The van der Waals surface area contributed by atoms with Crippen molar-refractivity contribution in [3.05, 3.63) is 0 Å². The zero-order valence-corrected chi connectivity index (χ0v) is 12.5. The first-order valence-electron chi connectivity index (χ1n) is 5.70. The molecule has 1 unspecified atom stereocenters. The highest BCUT2D eigenvalue weighted by atomic mass is 35.5. The Kier molecular flexibility index (Phi) is 5.83. The van der Waals surface area contributed by atoms with Gasteiger partial charge in [-0.1, -0.05) is 20.8 Å². The van der Waals surface area contributed by atoms with Gasteiger partial charge in [0.25, 0.3) is 0 Å². The van der Waals surface area contributed by atoms with E-state index in [1.165, 1.54) is 19.4 Å². The van der Waals surface area contributed by atoms with Gasteiger partial charge in [-0.2, -0.15) is 0 Å². The van der Waals surface area contributed by atoms with Crippen LogP contribution in [0, 0.1) is 0 Å². The molecule has 1 fully saturated rings. The number of hydrogen-bond donors (Lipinski definition) is 1. The number of hydrogen-bond acceptors (Lipinski definition) is 2. The molecule has 0 aliphatic carbocycles. The Morgan fingerprint density at radius 1 is 1.33 bits per heavy atom. The molecule has 0 bridgehead atoms. The molecule has 92 valence electrons. The van der Waals surface area contributed by atoms with E-state index >= 15 is 0 Å². The Hall–Kier alpha value is 0.427. The molecule has 0 spiro atoms. The van der Waals surface area contributed by atoms with Crippen molar-refractivity contribution < 1.29 is 4.43 Å². The van der Waals surface area contributed by atoms with Crippen LogP contribution in [0.5, 0.6) is 0 Å². The quantitative estimate of drug-likeness (QED) is 0.778. The molecule has 0 aromatic carbocycles. The first kappa shape index (κ1) is 15.4. The predicted molar refractivity (Wildman–Crippen MR) is 71.4 cm³/mol. The lowest BCUT2D eigenvalue weighted by Crippen LogP contribution is -2.43. The zero-order valence-electron chi connectivity index (χ0n) is 10.7. The highest BCUT2D eigenvalue weighted by molar-refractivity contribution is 6.74. The summed E-state index contributed by atoms with van der Waals surface area (Å²) < 4.78 is 6.15. The van der Waals surface area contributed by atoms with Gasteiger partial charge in [-0.25, -0.2) is 0 Å². The Bertz CT molecular complexity index is 186. The average Bonchev–Trinajstić information content (AvgIpc) is 2.50. The van der Waals surface area contributed by atoms with Crippen LogP contribution < -0.4 is 5.32 Å². The molecule has 0 radical (unpaired) electrons. The second-order valence-electron chi connectivity index (χ2n) is 5.86. The van der Waals surface area contributed by atoms with Crippen LogP contribution in [-0.2, 0) is 4.43 Å². The second-order valence-corrected chi connectivity index (χ2v) is 10.7. The van der Waals surface area contributed by atoms with E-state index in [0.29, 0.717) is 11.1 Å². The third kappa shape index (κ3) is 4.43. The van der Waals surface area contributed by atoms with Crippen molar-refractivity contribution in [2.75, 3.05) is 13.2 Å². The summed E-state index contributed by atoms with van der Waals surface area (Å²) in [7, 11) is -1.51. The van der Waals surface area contributed by atoms with E-state index in [2.05, 4.69) is 39.2 Å². The van der Waals surface area contributed by atoms with Crippen molar-refractivity contribution in [3.8, 4) is 0 Å². The smallest absolute Gasteiger partial charge is 0.192 e. The van der Waals surface area contributed by atoms with Crippen molar-refractivity contribution in [3.63, 3.8) is 0 Å². The summed E-state index contributed by atoms with van der Waals surface area (Å²) in [5, 5.41) is 3.82. The summed E-state index contributed by atoms with van der Waals surface area (Å²) in [5.74, 6) is 0. The van der Waals surface area contributed by atoms with Crippen LogP contribution in [0.15, 0.2) is 0 Å². The number of rotatable bonds is 3. The van der Waals surface area contributed by atoms with E-state index in [-0.39, 0.29) is 12.4 Å². The van der Waals surface area contributed by atoms with Crippen molar-refractivity contribution in [1.82, 2.24) is 5.32 Å². The third-order valence-electron chi connectivity index (χ3n) is 3.61. The summed E-state index contributed by atoms with van der Waals surface area (Å²) in [6.07, 6.45) is 2.60. The monoisotopic (exact) mass is 251 g/mol. The van der Waals surface area contributed by atoms with Gasteiger partial charge in [-0.15, -0.1) is 12.4 Å². The lowest BCUT2D eigenvalue weighted by molar-refractivity contribution is 0.253. The topological polar surface area (TPSA) is 21.3 Å². The number of halogens is 1. The van der Waals surface area contributed by atoms with Crippen LogP contribution in [-0.4, -0.2) is 27.5 Å². The molecule has 0 aromatic rings. The first-order chi connectivity index (χ1) is 6.33. The number of nitrogens with one attached hydrogen (secondary N) is 1. The first-order valence-corrected chi connectivity index (χ1v) is 8.61. The highest BCUT2D eigenvalue weighted by Gasteiger charge is 2.37. The maximum atomic E-state index is 6.15. The van der Waals surface area contributed by atoms with Crippen LogP contribution in [0.2, 0.25) is 18.1 Å². The molecule has 0 amide bonds. The maximum Gasteiger partial charge on any atom is 0.192 e. The SMILES string of the molecule is CC(C)(C)[Si](C)(C)OCC1CCCN1.Cl. The second kappa shape index (κ2) is 5.67. The van der Waals surface area contributed by atoms with Gasteiger partial charge >= 0.3 is 0 Å². The van der Waals surface area contributed by atoms with E-state index in [9.17, 15) is 0 Å². The lowest BCUT2D eigenvalue weighted by Gasteiger charge is -2.37. The molecule has 0 saturated carbocycles. The molecule has 1 rings (SSSR count). The molecule has 1 atom stereocenters. The van der Waals surface area contributed by atoms with Crippen LogP contribution in [0.3, 0.4) is 0 Å². The Labute approximate surface area is 102 Å². The van der Waals surface area contributed by atoms with E-state index in [4.69, 9.17) is 4.43 Å². The Morgan fingerprint density at radius 2 is 1.93 bits per heavy atom. The van der Waals surface area contributed by atoms with E-state index in [1.54, 1.807) is 0 Å². The predicted octanol–water partition coefficient (Wildman–Crippen LogP) is 3.18. The third-order valence-corrected chi connectivity index (χ3v) is 8.11. The van der Waals surface area contributed by atoms with E-state index in [0.717, 1.165) is 6.61 Å². The van der Waals surface area contributed by atoms with Gasteiger partial charge in [0, 0.05) is 12.6 Å². The van der Waals surface area contributed by atoms with Crippen LogP contribution in [0.25, 0.3) is 0 Å². The van der Waals surface area contributed by atoms with Gasteiger partial charge in [-0.05, 0) is 37.5 Å². The minimum atomic E-state index is -1.51. The van der Waals surface area contributed by atoms with Crippen molar-refractivity contribution in [2.24, 2.45) is 0 Å². The van der Waals surface area contributed by atoms with Gasteiger partial charge in [0.05, 0.1) is 0 Å². The molecule has 1 heterocycles. The highest BCUT2D eigenvalue weighted by Crippen LogP contribution is 2.36. The van der Waals surface area contributed by atoms with Crippen LogP contribution in [0.4, 0.5) is 0 Å². The van der Waals surface area contributed by atoms with Gasteiger partial charge < -0.3 is 9.74 Å². The van der Waals surface area contributed by atoms with E-state index < -0.39 is 8.32 Å². The molecular formula is C11H26ClNOSi. The Morgan fingerprint density at radius 3 is 2.33 bits per heavy atom. The molecule has 1 aliphatic heterocycles. The molecule has 15 heavy (non-hydrogen) atoms. The standard InChI is InChI=1S/C11H25NOSi.ClH/c1-11(2,3)14(4,5)13-9-10-7-6-8-12-10;/h10,12H,6-9H2,1-5H3;1H. The maximum absolute atomic E-state index is 6.15. The van der Waals surface area contributed by atoms with Crippen LogP contribution >= 0.6 is 12.4 Å². The molecule has 1 aliphatic rings. The summed E-state index contributed by atoms with van der Waals surface area (Å²) >= 11 is 0. The van der Waals surface area contributed by atoms with Gasteiger partial charge in [0.2, 0.25) is 0 Å². The van der Waals surface area contributed by atoms with Crippen molar-refractivity contribution in [2.45, 2.75) is 57.8 Å². The lowest BCUT2D eigenvalue weighted by atomic mass is 10.2. The van der Waals surface area contributed by atoms with Gasteiger partial charge in [-0.3, -0.25) is 0 Å². The normalized spacial score (nSPS) is 22.6. The fourth-order valence-electron chi connectivity index (χ4n) is 1.42. The minimum absolute atomic E-state index is 0. The summed E-state index contributed by atoms with van der Waals surface area (Å²) in [6, 6.07) is 0.615.